The first-order chi connectivity index (χ1) is 29.0. The van der Waals surface area contributed by atoms with Gasteiger partial charge in [-0.15, -0.1) is 0 Å². The Labute approximate surface area is 346 Å². The molecule has 6 aliphatic rings. The number of carbonyl (C=O) groups is 1. The summed E-state index contributed by atoms with van der Waals surface area (Å²) in [5.74, 6) is -5.30. The Morgan fingerprint density at radius 2 is 1.68 bits per heavy atom. The number of aromatic amines is 1. The van der Waals surface area contributed by atoms with E-state index < -0.39 is 77.1 Å². The largest absolute Gasteiger partial charge is 0.508 e. The second-order valence-electron chi connectivity index (χ2n) is 18.5. The van der Waals surface area contributed by atoms with E-state index in [-0.39, 0.29) is 23.1 Å². The number of hydrogen-bond acceptors (Lipinski definition) is 11. The normalized spacial score (nSPS) is 36.6. The smallest absolute Gasteiger partial charge is 0.343 e. The predicted molar refractivity (Wildman–Crippen MR) is 222 cm³/mol. The predicted octanol–water partition coefficient (Wildman–Crippen LogP) is 4.98. The van der Waals surface area contributed by atoms with E-state index in [4.69, 9.17) is 14.2 Å². The van der Waals surface area contributed by atoms with Crippen molar-refractivity contribution in [3.63, 3.8) is 0 Å². The quantitative estimate of drug-likeness (QED) is 0.0628. The maximum Gasteiger partial charge on any atom is 0.343 e. The zero-order chi connectivity index (χ0) is 41.3. The fourth-order valence-corrected chi connectivity index (χ4v) is 13.5. The SMILES string of the molecule is CNC[C@H]1C[C@H]2[C@@H]3C4=C[C@@H](O)[C@]5(O)O[C@@H](C(=O)Oc6c(CO)[nH]c7ccc8cc9ccccc9cc8c67)[C@H](O[C@@]2(CC4)[C@@H](C2(c4ccc(O)cc4)CCCCC2)[C@@H]1O)[C@]35O. The number of ether oxygens (including phenoxy) is 3. The number of esters is 1. The Morgan fingerprint density at radius 1 is 0.933 bits per heavy atom. The van der Waals surface area contributed by atoms with E-state index in [9.17, 15) is 35.4 Å². The van der Waals surface area contributed by atoms with Gasteiger partial charge in [0.1, 0.15) is 18.0 Å². The summed E-state index contributed by atoms with van der Waals surface area (Å²) in [5, 5.41) is 78.9. The maximum absolute atomic E-state index is 14.9. The minimum Gasteiger partial charge on any atom is -0.508 e. The van der Waals surface area contributed by atoms with Crippen LogP contribution in [0.1, 0.15) is 62.6 Å². The molecule has 0 unspecified atom stereocenters. The van der Waals surface area contributed by atoms with Crippen molar-refractivity contribution in [3.8, 4) is 11.5 Å². The van der Waals surface area contributed by atoms with Crippen molar-refractivity contribution in [1.29, 1.82) is 0 Å². The molecule has 5 fully saturated rings. The first-order valence-electron chi connectivity index (χ1n) is 21.6. The molecule has 0 radical (unpaired) electrons. The number of aromatic hydroxyl groups is 1. The molecule has 2 bridgehead atoms. The van der Waals surface area contributed by atoms with Crippen LogP contribution in [0.25, 0.3) is 32.4 Å². The number of aliphatic hydroxyl groups excluding tert-OH is 3. The Bertz CT molecular complexity index is 2570. The molecule has 12 heteroatoms. The molecule has 3 saturated carbocycles. The third-order valence-corrected chi connectivity index (χ3v) is 15.8. The van der Waals surface area contributed by atoms with Gasteiger partial charge in [0.25, 0.3) is 0 Å². The van der Waals surface area contributed by atoms with Gasteiger partial charge in [-0.25, -0.2) is 4.79 Å². The summed E-state index contributed by atoms with van der Waals surface area (Å²) in [6.45, 7) is 0.0292. The van der Waals surface area contributed by atoms with Crippen LogP contribution in [-0.4, -0.2) is 96.6 Å². The number of nitrogens with one attached hydrogen (secondary N) is 2. The summed E-state index contributed by atoms with van der Waals surface area (Å²) in [7, 11) is 1.86. The molecule has 5 aromatic rings. The highest BCUT2D eigenvalue weighted by Crippen LogP contribution is 2.70. The zero-order valence-electron chi connectivity index (χ0n) is 33.5. The molecule has 4 aromatic carbocycles. The molecule has 11 rings (SSSR count). The summed E-state index contributed by atoms with van der Waals surface area (Å²) in [5.41, 5.74) is -1.28. The van der Waals surface area contributed by atoms with Crippen LogP contribution < -0.4 is 10.1 Å². The van der Waals surface area contributed by atoms with Gasteiger partial charge in [0.15, 0.2) is 17.5 Å². The average Bonchev–Trinajstić information content (AvgIpc) is 3.72. The van der Waals surface area contributed by atoms with E-state index in [2.05, 4.69) is 16.4 Å². The van der Waals surface area contributed by atoms with E-state index in [1.807, 2.05) is 61.6 Å². The number of phenolic OH excluding ortho intramolecular Hbond substituents is 1. The molecule has 314 valence electrons. The summed E-state index contributed by atoms with van der Waals surface area (Å²) < 4.78 is 20.0. The van der Waals surface area contributed by atoms with Gasteiger partial charge >= 0.3 is 5.97 Å². The lowest BCUT2D eigenvalue weighted by Gasteiger charge is -2.70. The molecule has 0 spiro atoms. The molecular weight excluding hydrogens is 765 g/mol. The minimum atomic E-state index is -2.63. The molecule has 0 amide bonds. The standard InChI is InChI=1S/C48H52N2O10/c1-49-23-29-21-33-38-28-15-18-46(33,42(39(29)54)45(16-5-2-6-17-45)30-10-12-31(52)13-11-30)60-43-41(59-48(57,36(53)22-28)47(38,43)56)44(55)58-40-35(24-51)50-34-14-9-27-19-25-7-3-4-8-26(25)20-32(27)37(34)40/h3-4,7-14,19-20,22,29,33,36,38-39,41-43,49-54,56-57H,2,5-6,15-18,21,23-24H2,1H3/t29-,33+,36-,38+,39-,41-,42-,43+,46-,47-,48+/m1/s1. The maximum atomic E-state index is 14.9. The van der Waals surface area contributed by atoms with Crippen LogP contribution in [-0.2, 0) is 26.3 Å². The average molecular weight is 817 g/mol. The van der Waals surface area contributed by atoms with Gasteiger partial charge in [-0.1, -0.05) is 73.4 Å². The van der Waals surface area contributed by atoms with Crippen LogP contribution >= 0.6 is 0 Å². The molecule has 4 aliphatic carbocycles. The number of benzene rings is 4. The van der Waals surface area contributed by atoms with Gasteiger partial charge in [0.2, 0.25) is 5.79 Å². The molecular formula is C48H52N2O10. The van der Waals surface area contributed by atoms with Gasteiger partial charge in [-0.2, -0.15) is 0 Å². The van der Waals surface area contributed by atoms with Crippen molar-refractivity contribution in [1.82, 2.24) is 10.3 Å². The number of hydrogen-bond donors (Lipinski definition) is 8. The number of carbonyl (C=O) groups excluding carboxylic acids is 1. The second kappa shape index (κ2) is 13.6. The summed E-state index contributed by atoms with van der Waals surface area (Å²) in [4.78, 5) is 18.2. The highest BCUT2D eigenvalue weighted by molar-refractivity contribution is 6.14. The topological polar surface area (TPSA) is 194 Å². The van der Waals surface area contributed by atoms with Gasteiger partial charge in [0, 0.05) is 23.8 Å². The van der Waals surface area contributed by atoms with Crippen LogP contribution in [0, 0.1) is 23.7 Å². The van der Waals surface area contributed by atoms with Gasteiger partial charge in [-0.3, -0.25) is 0 Å². The fourth-order valence-electron chi connectivity index (χ4n) is 13.5. The van der Waals surface area contributed by atoms with Crippen LogP contribution in [0.15, 0.2) is 84.4 Å². The Hall–Kier alpha value is -4.37. The van der Waals surface area contributed by atoms with Crippen molar-refractivity contribution >= 4 is 38.4 Å². The van der Waals surface area contributed by atoms with Crippen LogP contribution in [0.2, 0.25) is 0 Å². The monoisotopic (exact) mass is 816 g/mol. The highest BCUT2D eigenvalue weighted by atomic mass is 16.7. The third kappa shape index (κ3) is 5.04. The van der Waals surface area contributed by atoms with Crippen LogP contribution in [0.3, 0.4) is 0 Å². The number of H-pyrrole nitrogens is 1. The zero-order valence-corrected chi connectivity index (χ0v) is 33.5. The lowest BCUT2D eigenvalue weighted by atomic mass is 9.41. The lowest BCUT2D eigenvalue weighted by Crippen LogP contribution is -2.80. The van der Waals surface area contributed by atoms with E-state index in [1.165, 1.54) is 0 Å². The van der Waals surface area contributed by atoms with Crippen molar-refractivity contribution in [2.45, 2.75) is 105 Å². The van der Waals surface area contributed by atoms with E-state index in [0.717, 1.165) is 64.8 Å². The highest BCUT2D eigenvalue weighted by Gasteiger charge is 2.83. The molecule has 2 saturated heterocycles. The van der Waals surface area contributed by atoms with Crippen LogP contribution in [0.4, 0.5) is 0 Å². The van der Waals surface area contributed by atoms with E-state index in [1.54, 1.807) is 18.2 Å². The number of phenols is 1. The van der Waals surface area contributed by atoms with E-state index in [0.29, 0.717) is 36.7 Å². The molecule has 11 atom stereocenters. The number of fused-ring (bicyclic) bond motifs is 4. The summed E-state index contributed by atoms with van der Waals surface area (Å²) in [6, 6.07) is 23.2. The van der Waals surface area contributed by atoms with Crippen molar-refractivity contribution in [2.24, 2.45) is 23.7 Å². The fraction of sp³-hybridized carbons (Fsp3) is 0.479. The van der Waals surface area contributed by atoms with Crippen molar-refractivity contribution < 1.29 is 49.6 Å². The minimum absolute atomic E-state index is 0.0941. The molecule has 2 aliphatic heterocycles. The van der Waals surface area contributed by atoms with Crippen molar-refractivity contribution in [3.05, 3.63) is 95.7 Å². The number of aliphatic hydroxyl groups is 5. The molecule has 12 nitrogen and oxygen atoms in total. The first kappa shape index (κ1) is 38.5. The van der Waals surface area contributed by atoms with Gasteiger partial charge in [0.05, 0.1) is 34.9 Å². The number of aromatic nitrogens is 1. The Balaban J connectivity index is 1.06. The third-order valence-electron chi connectivity index (χ3n) is 15.8. The first-order valence-corrected chi connectivity index (χ1v) is 21.6. The van der Waals surface area contributed by atoms with Crippen molar-refractivity contribution in [2.75, 3.05) is 13.6 Å². The van der Waals surface area contributed by atoms with Gasteiger partial charge < -0.3 is 55.2 Å². The summed E-state index contributed by atoms with van der Waals surface area (Å²) >= 11 is 0. The molecule has 1 aromatic heterocycles. The van der Waals surface area contributed by atoms with Crippen LogP contribution in [0.5, 0.6) is 11.5 Å². The Morgan fingerprint density at radius 3 is 2.42 bits per heavy atom. The molecule has 3 heterocycles. The molecule has 60 heavy (non-hydrogen) atoms. The lowest BCUT2D eigenvalue weighted by molar-refractivity contribution is -0.371. The molecule has 8 N–H and O–H groups in total. The van der Waals surface area contributed by atoms with Gasteiger partial charge in [-0.05, 0) is 108 Å². The Kier molecular flexibility index (Phi) is 8.71. The second-order valence-corrected chi connectivity index (χ2v) is 18.5. The number of rotatable bonds is 7. The van der Waals surface area contributed by atoms with E-state index >= 15 is 0 Å². The summed E-state index contributed by atoms with van der Waals surface area (Å²) in [6.07, 6.45) is 1.63.